The van der Waals surface area contributed by atoms with Crippen molar-refractivity contribution in [1.82, 2.24) is 0 Å². The minimum atomic E-state index is -2.30. The molecule has 0 aromatic heterocycles. The van der Waals surface area contributed by atoms with Crippen LogP contribution in [-0.4, -0.2) is 26.2 Å². The Morgan fingerprint density at radius 3 is 2.35 bits per heavy atom. The van der Waals surface area contributed by atoms with Crippen molar-refractivity contribution in [2.24, 2.45) is 0 Å². The highest BCUT2D eigenvalue weighted by atomic mass is 31.1. The van der Waals surface area contributed by atoms with Crippen LogP contribution in [0, 0.1) is 0 Å². The molecule has 0 aliphatic rings. The van der Waals surface area contributed by atoms with E-state index in [0.717, 1.165) is 24.7 Å². The first-order chi connectivity index (χ1) is 11.2. The first-order valence-corrected chi connectivity index (χ1v) is 9.93. The van der Waals surface area contributed by atoms with Gasteiger partial charge in [-0.3, -0.25) is 9.36 Å². The highest BCUT2D eigenvalue weighted by Crippen LogP contribution is 2.35. The zero-order valence-electron chi connectivity index (χ0n) is 14.3. The lowest BCUT2D eigenvalue weighted by Gasteiger charge is -2.28. The normalized spacial score (nSPS) is 15.0. The van der Waals surface area contributed by atoms with Gasteiger partial charge in [0.25, 0.3) is 0 Å². The van der Waals surface area contributed by atoms with Crippen LogP contribution >= 0.6 is 8.03 Å². The maximum absolute atomic E-state index is 11.9. The van der Waals surface area contributed by atoms with Crippen LogP contribution < -0.4 is 0 Å². The first-order valence-electron chi connectivity index (χ1n) is 8.41. The lowest BCUT2D eigenvalue weighted by atomic mass is 9.97. The second kappa shape index (κ2) is 11.6. The monoisotopic (exact) mass is 340 g/mol. The predicted octanol–water partition coefficient (Wildman–Crippen LogP) is 4.58. The molecule has 2 atom stereocenters. The molecule has 0 N–H and O–H groups in total. The molecule has 0 amide bonds. The lowest BCUT2D eigenvalue weighted by molar-refractivity contribution is -0.130. The molecule has 1 rings (SSSR count). The number of carbonyl (C=O) groups is 1. The molecule has 0 saturated heterocycles. The van der Waals surface area contributed by atoms with Crippen LogP contribution in [0.2, 0.25) is 0 Å². The largest absolute Gasteiger partial charge is 0.362 e. The fraction of sp³-hybridized carbons (Fsp3) is 0.611. The van der Waals surface area contributed by atoms with E-state index in [-0.39, 0.29) is 6.16 Å². The van der Waals surface area contributed by atoms with Crippen molar-refractivity contribution in [3.63, 3.8) is 0 Å². The van der Waals surface area contributed by atoms with Gasteiger partial charge in [-0.1, -0.05) is 69.4 Å². The Labute approximate surface area is 140 Å². The molecule has 0 radical (unpaired) electrons. The molecule has 23 heavy (non-hydrogen) atoms. The van der Waals surface area contributed by atoms with Gasteiger partial charge in [-0.25, -0.2) is 0 Å². The molecule has 5 heteroatoms. The summed E-state index contributed by atoms with van der Waals surface area (Å²) in [6, 6.07) is 9.25. The summed E-state index contributed by atoms with van der Waals surface area (Å²) in [7, 11) is -0.906. The number of carbonyl (C=O) groups excluding carboxylic acids is 1. The third-order valence-electron chi connectivity index (χ3n) is 3.94. The number of hydrogen-bond acceptors (Lipinski definition) is 4. The van der Waals surface area contributed by atoms with E-state index in [4.69, 9.17) is 9.26 Å². The highest BCUT2D eigenvalue weighted by molar-refractivity contribution is 7.39. The maximum Gasteiger partial charge on any atom is 0.195 e. The Bertz CT molecular complexity index is 463. The van der Waals surface area contributed by atoms with Gasteiger partial charge in [0.2, 0.25) is 0 Å². The summed E-state index contributed by atoms with van der Waals surface area (Å²) >= 11 is 0. The molecule has 0 heterocycles. The number of ether oxygens (including phenoxy) is 1. The van der Waals surface area contributed by atoms with Crippen molar-refractivity contribution in [3.05, 3.63) is 35.9 Å². The van der Waals surface area contributed by atoms with Crippen LogP contribution in [0.4, 0.5) is 0 Å². The third-order valence-corrected chi connectivity index (χ3v) is 5.21. The van der Waals surface area contributed by atoms with E-state index in [0.29, 0.717) is 6.61 Å². The fourth-order valence-electron chi connectivity index (χ4n) is 2.52. The maximum atomic E-state index is 11.9. The summed E-state index contributed by atoms with van der Waals surface area (Å²) in [5.74, 6) is 0. The Morgan fingerprint density at radius 1 is 1.09 bits per heavy atom. The quantitative estimate of drug-likeness (QED) is 0.300. The molecule has 1 aromatic carbocycles. The number of benzene rings is 1. The molecule has 2 unspecified atom stereocenters. The summed E-state index contributed by atoms with van der Waals surface area (Å²) in [6.07, 6.45) is 7.75. The lowest BCUT2D eigenvalue weighted by Crippen LogP contribution is -2.35. The SMILES string of the molecule is CCCCCCCCOC(C=O)(C[PH](=O)OC)c1ccccc1. The van der Waals surface area contributed by atoms with Crippen molar-refractivity contribution in [1.29, 1.82) is 0 Å². The highest BCUT2D eigenvalue weighted by Gasteiger charge is 2.35. The van der Waals surface area contributed by atoms with Crippen LogP contribution in [0.3, 0.4) is 0 Å². The molecule has 0 aliphatic heterocycles. The van der Waals surface area contributed by atoms with Gasteiger partial charge in [0.1, 0.15) is 0 Å². The molecule has 0 fully saturated rings. The Hall–Kier alpha value is -0.960. The molecular formula is C18H29O4P. The molecule has 1 aromatic rings. The van der Waals surface area contributed by atoms with Gasteiger partial charge in [0.15, 0.2) is 19.9 Å². The van der Waals surface area contributed by atoms with E-state index < -0.39 is 13.6 Å². The number of aldehydes is 1. The second-order valence-corrected chi connectivity index (χ2v) is 7.25. The summed E-state index contributed by atoms with van der Waals surface area (Å²) in [4.78, 5) is 11.8. The van der Waals surface area contributed by atoms with Crippen molar-refractivity contribution in [3.8, 4) is 0 Å². The van der Waals surface area contributed by atoms with E-state index in [2.05, 4.69) is 6.92 Å². The molecule has 0 saturated carbocycles. The first kappa shape index (κ1) is 20.1. The van der Waals surface area contributed by atoms with Crippen LogP contribution in [0.15, 0.2) is 30.3 Å². The fourth-order valence-corrected chi connectivity index (χ4v) is 3.49. The molecular weight excluding hydrogens is 311 g/mol. The smallest absolute Gasteiger partial charge is 0.195 e. The minimum Gasteiger partial charge on any atom is -0.362 e. The summed E-state index contributed by atoms with van der Waals surface area (Å²) in [6.45, 7) is 2.68. The van der Waals surface area contributed by atoms with Crippen LogP contribution in [0.1, 0.15) is 51.0 Å². The second-order valence-electron chi connectivity index (χ2n) is 5.74. The van der Waals surface area contributed by atoms with E-state index in [1.165, 1.54) is 32.8 Å². The Kier molecular flexibility index (Phi) is 10.1. The van der Waals surface area contributed by atoms with Gasteiger partial charge in [-0.05, 0) is 12.0 Å². The molecule has 0 bridgehead atoms. The average molecular weight is 340 g/mol. The minimum absolute atomic E-state index is 0.0809. The van der Waals surface area contributed by atoms with Crippen LogP contribution in [0.25, 0.3) is 0 Å². The van der Waals surface area contributed by atoms with Crippen LogP contribution in [-0.2, 0) is 24.2 Å². The molecule has 130 valence electrons. The predicted molar refractivity (Wildman–Crippen MR) is 94.4 cm³/mol. The summed E-state index contributed by atoms with van der Waals surface area (Å²) in [5.41, 5.74) is -0.437. The van der Waals surface area contributed by atoms with Crippen molar-refractivity contribution >= 4 is 14.3 Å². The van der Waals surface area contributed by atoms with Crippen molar-refractivity contribution in [2.45, 2.75) is 51.0 Å². The van der Waals surface area contributed by atoms with Gasteiger partial charge < -0.3 is 9.26 Å². The summed E-state index contributed by atoms with van der Waals surface area (Å²) < 4.78 is 22.7. The molecule has 0 aliphatic carbocycles. The van der Waals surface area contributed by atoms with Gasteiger partial charge in [-0.15, -0.1) is 0 Å². The van der Waals surface area contributed by atoms with E-state index in [1.54, 1.807) is 0 Å². The van der Waals surface area contributed by atoms with Gasteiger partial charge in [0, 0.05) is 13.7 Å². The number of unbranched alkanes of at least 4 members (excludes halogenated alkanes) is 5. The molecule has 4 nitrogen and oxygen atoms in total. The number of rotatable bonds is 13. The van der Waals surface area contributed by atoms with E-state index in [1.807, 2.05) is 30.3 Å². The third kappa shape index (κ3) is 6.99. The summed E-state index contributed by atoms with van der Waals surface area (Å²) in [5, 5.41) is 0. The Morgan fingerprint density at radius 2 is 1.74 bits per heavy atom. The number of hydrogen-bond donors (Lipinski definition) is 0. The van der Waals surface area contributed by atoms with Crippen molar-refractivity contribution in [2.75, 3.05) is 19.9 Å². The average Bonchev–Trinajstić information content (AvgIpc) is 2.60. The zero-order valence-corrected chi connectivity index (χ0v) is 15.3. The van der Waals surface area contributed by atoms with Crippen LogP contribution in [0.5, 0.6) is 0 Å². The van der Waals surface area contributed by atoms with Crippen molar-refractivity contribution < 1.29 is 18.6 Å². The van der Waals surface area contributed by atoms with E-state index in [9.17, 15) is 9.36 Å². The van der Waals surface area contributed by atoms with Gasteiger partial charge in [-0.2, -0.15) is 0 Å². The van der Waals surface area contributed by atoms with E-state index >= 15 is 0 Å². The standard InChI is InChI=1S/C18H29O4P/c1-3-4-5-6-7-11-14-22-18(15-19,16-23(20)21-2)17-12-9-8-10-13-17/h8-10,12-13,15,23H,3-7,11,14,16H2,1-2H3. The zero-order chi connectivity index (χ0) is 17.0. The van der Waals surface area contributed by atoms with Gasteiger partial charge in [0.05, 0.1) is 6.16 Å². The Balaban J connectivity index is 2.64. The molecule has 0 spiro atoms. The van der Waals surface area contributed by atoms with Gasteiger partial charge >= 0.3 is 0 Å². The topological polar surface area (TPSA) is 52.6 Å².